The Balaban J connectivity index is -0.0000000750. The molecule has 0 aliphatic carbocycles. The zero-order valence-corrected chi connectivity index (χ0v) is 5.21. The van der Waals surface area contributed by atoms with Crippen LogP contribution >= 0.6 is 7.82 Å². The molecule has 0 saturated carbocycles. The van der Waals surface area contributed by atoms with Crippen LogP contribution in [0.5, 0.6) is 0 Å². The normalized spacial score (nSPS) is 7.88. The Bertz CT molecular complexity index is 69.8. The van der Waals surface area contributed by atoms with Crippen molar-refractivity contribution in [2.45, 2.75) is 0 Å². The molecule has 0 spiro atoms. The van der Waals surface area contributed by atoms with E-state index in [1.165, 1.54) is 0 Å². The second-order valence-electron chi connectivity index (χ2n) is 0.513. The first-order valence-electron chi connectivity index (χ1n) is 1.28. The number of phosphoric acid groups is 1. The van der Waals surface area contributed by atoms with Crippen molar-refractivity contribution in [3.63, 3.8) is 0 Å². The van der Waals surface area contributed by atoms with Gasteiger partial charge in [0.25, 0.3) is 0 Å². The molecule has 0 aliphatic rings. The SMILES string of the molecule is C=C.N.O=P(O)(O)O. The van der Waals surface area contributed by atoms with Crippen LogP contribution in [-0.4, -0.2) is 14.7 Å². The number of hydrogen-bond acceptors (Lipinski definition) is 2. The average molecular weight is 143 g/mol. The van der Waals surface area contributed by atoms with Crippen molar-refractivity contribution >= 4 is 7.82 Å². The lowest BCUT2D eigenvalue weighted by molar-refractivity contribution is 0.275. The zero-order chi connectivity index (χ0) is 6.50. The molecule has 0 rings (SSSR count). The Kier molecular flexibility index (Phi) is 13.3. The lowest BCUT2D eigenvalue weighted by Crippen LogP contribution is -1.66. The van der Waals surface area contributed by atoms with Gasteiger partial charge in [0.05, 0.1) is 0 Å². The minimum Gasteiger partial charge on any atom is -0.344 e. The van der Waals surface area contributed by atoms with Crippen LogP contribution in [0.2, 0.25) is 0 Å². The van der Waals surface area contributed by atoms with Gasteiger partial charge in [0.1, 0.15) is 0 Å². The highest BCUT2D eigenvalue weighted by molar-refractivity contribution is 7.45. The molecule has 0 aromatic rings. The summed E-state index contributed by atoms with van der Waals surface area (Å²) in [6.07, 6.45) is 0. The molecule has 0 aromatic carbocycles. The fourth-order valence-corrected chi connectivity index (χ4v) is 0. The molecule has 0 atom stereocenters. The smallest absolute Gasteiger partial charge is 0.344 e. The van der Waals surface area contributed by atoms with E-state index in [0.717, 1.165) is 0 Å². The summed E-state index contributed by atoms with van der Waals surface area (Å²) in [7, 11) is -4.64. The minimum atomic E-state index is -4.64. The summed E-state index contributed by atoms with van der Waals surface area (Å²) in [6, 6.07) is 0. The molecule has 0 saturated heterocycles. The van der Waals surface area contributed by atoms with E-state index >= 15 is 0 Å². The standard InChI is InChI=1S/C2H4.H3N.H3O4P/c1-2;;1-5(2,3)4/h1-2H2;1H3;(H3,1,2,3,4). The van der Waals surface area contributed by atoms with Crippen molar-refractivity contribution in [3.05, 3.63) is 13.2 Å². The van der Waals surface area contributed by atoms with Crippen LogP contribution < -0.4 is 6.15 Å². The lowest BCUT2D eigenvalue weighted by atomic mass is 11.3. The van der Waals surface area contributed by atoms with Gasteiger partial charge in [-0.3, -0.25) is 0 Å². The van der Waals surface area contributed by atoms with Gasteiger partial charge in [0.15, 0.2) is 0 Å². The Labute approximate surface area is 47.5 Å². The predicted octanol–water partition coefficient (Wildman–Crippen LogP) is 0.0356. The summed E-state index contributed by atoms with van der Waals surface area (Å²) in [5.74, 6) is 0. The summed E-state index contributed by atoms with van der Waals surface area (Å²) >= 11 is 0. The molecular formula is C2H10NO4P. The highest BCUT2D eigenvalue weighted by Crippen LogP contribution is 2.25. The first kappa shape index (κ1) is 15.7. The Hall–Kier alpha value is -0.190. The highest BCUT2D eigenvalue weighted by Gasteiger charge is 2.00. The molecule has 0 fully saturated rings. The third-order valence-corrected chi connectivity index (χ3v) is 0. The molecule has 8 heavy (non-hydrogen) atoms. The fourth-order valence-electron chi connectivity index (χ4n) is 0. The van der Waals surface area contributed by atoms with Crippen LogP contribution in [0.1, 0.15) is 0 Å². The summed E-state index contributed by atoms with van der Waals surface area (Å²) < 4.78 is 8.88. The van der Waals surface area contributed by atoms with E-state index in [-0.39, 0.29) is 6.15 Å². The second kappa shape index (κ2) is 6.81. The molecule has 0 amide bonds. The third-order valence-electron chi connectivity index (χ3n) is 0. The summed E-state index contributed by atoms with van der Waals surface area (Å²) in [5, 5.41) is 0. The number of hydrogen-bond donors (Lipinski definition) is 4. The van der Waals surface area contributed by atoms with E-state index in [2.05, 4.69) is 13.2 Å². The van der Waals surface area contributed by atoms with Crippen molar-refractivity contribution < 1.29 is 19.2 Å². The van der Waals surface area contributed by atoms with Gasteiger partial charge >= 0.3 is 7.82 Å². The van der Waals surface area contributed by atoms with Crippen molar-refractivity contribution in [2.24, 2.45) is 0 Å². The Morgan fingerprint density at radius 1 is 1.12 bits per heavy atom. The molecule has 6 heteroatoms. The maximum atomic E-state index is 8.88. The van der Waals surface area contributed by atoms with Crippen molar-refractivity contribution in [2.75, 3.05) is 0 Å². The summed E-state index contributed by atoms with van der Waals surface area (Å²) in [4.78, 5) is 21.6. The molecule has 6 N–H and O–H groups in total. The third kappa shape index (κ3) is 3720. The maximum Gasteiger partial charge on any atom is 0.466 e. The van der Waals surface area contributed by atoms with Crippen molar-refractivity contribution in [1.29, 1.82) is 0 Å². The van der Waals surface area contributed by atoms with Crippen LogP contribution in [0.15, 0.2) is 13.2 Å². The molecule has 5 nitrogen and oxygen atoms in total. The van der Waals surface area contributed by atoms with Gasteiger partial charge in [-0.15, -0.1) is 13.2 Å². The highest BCUT2D eigenvalue weighted by atomic mass is 31.2. The molecule has 0 aromatic heterocycles. The van der Waals surface area contributed by atoms with Gasteiger partial charge in [-0.05, 0) is 0 Å². The van der Waals surface area contributed by atoms with Crippen LogP contribution in [0, 0.1) is 0 Å². The van der Waals surface area contributed by atoms with Crippen molar-refractivity contribution in [1.82, 2.24) is 6.15 Å². The Morgan fingerprint density at radius 2 is 1.12 bits per heavy atom. The van der Waals surface area contributed by atoms with Gasteiger partial charge in [0.2, 0.25) is 0 Å². The van der Waals surface area contributed by atoms with Gasteiger partial charge in [-0.25, -0.2) is 4.57 Å². The van der Waals surface area contributed by atoms with Crippen LogP contribution in [0.25, 0.3) is 0 Å². The van der Waals surface area contributed by atoms with E-state index in [0.29, 0.717) is 0 Å². The second-order valence-corrected chi connectivity index (χ2v) is 1.54. The van der Waals surface area contributed by atoms with E-state index < -0.39 is 7.82 Å². The first-order valence-corrected chi connectivity index (χ1v) is 2.85. The molecular weight excluding hydrogens is 133 g/mol. The van der Waals surface area contributed by atoms with E-state index in [9.17, 15) is 0 Å². The largest absolute Gasteiger partial charge is 0.466 e. The molecule has 52 valence electrons. The van der Waals surface area contributed by atoms with Crippen LogP contribution in [-0.2, 0) is 4.57 Å². The van der Waals surface area contributed by atoms with Gasteiger partial charge in [-0.2, -0.15) is 0 Å². The van der Waals surface area contributed by atoms with Crippen LogP contribution in [0.3, 0.4) is 0 Å². The van der Waals surface area contributed by atoms with Gasteiger partial charge in [-0.1, -0.05) is 0 Å². The molecule has 0 bridgehead atoms. The summed E-state index contributed by atoms with van der Waals surface area (Å²) in [6.45, 7) is 6.00. The Morgan fingerprint density at radius 3 is 1.12 bits per heavy atom. The molecule has 0 unspecified atom stereocenters. The van der Waals surface area contributed by atoms with E-state index in [1.54, 1.807) is 0 Å². The van der Waals surface area contributed by atoms with Gasteiger partial charge < -0.3 is 20.8 Å². The van der Waals surface area contributed by atoms with E-state index in [1.807, 2.05) is 0 Å². The quantitative estimate of drug-likeness (QED) is 0.282. The number of rotatable bonds is 0. The summed E-state index contributed by atoms with van der Waals surface area (Å²) in [5.41, 5.74) is 0. The monoisotopic (exact) mass is 143 g/mol. The average Bonchev–Trinajstić information content (AvgIpc) is 1.36. The fraction of sp³-hybridized carbons (Fsp3) is 0. The molecule has 0 aliphatic heterocycles. The van der Waals surface area contributed by atoms with Crippen molar-refractivity contribution in [3.8, 4) is 0 Å². The lowest BCUT2D eigenvalue weighted by Gasteiger charge is -1.82. The van der Waals surface area contributed by atoms with Gasteiger partial charge in [0, 0.05) is 0 Å². The van der Waals surface area contributed by atoms with Crippen LogP contribution in [0.4, 0.5) is 0 Å². The first-order chi connectivity index (χ1) is 3.00. The molecule has 0 radical (unpaired) electrons. The minimum absolute atomic E-state index is 0. The maximum absolute atomic E-state index is 8.88. The topological polar surface area (TPSA) is 113 Å². The molecule has 0 heterocycles. The zero-order valence-electron chi connectivity index (χ0n) is 4.32. The van der Waals surface area contributed by atoms with E-state index in [4.69, 9.17) is 19.2 Å². The predicted molar refractivity (Wildman–Crippen MR) is 30.5 cm³/mol.